The zero-order valence-corrected chi connectivity index (χ0v) is 12.6. The predicted octanol–water partition coefficient (Wildman–Crippen LogP) is 1.42. The highest BCUT2D eigenvalue weighted by Gasteiger charge is 2.25. The van der Waals surface area contributed by atoms with E-state index in [4.69, 9.17) is 10.6 Å². The first kappa shape index (κ1) is 15.2. The first-order valence-corrected chi connectivity index (χ1v) is 7.37. The number of hydrogen-bond donors (Lipinski definition) is 2. The second-order valence-electron chi connectivity index (χ2n) is 5.15. The van der Waals surface area contributed by atoms with Crippen molar-refractivity contribution >= 4 is 5.82 Å². The summed E-state index contributed by atoms with van der Waals surface area (Å²) in [6, 6.07) is 0. The molecule has 1 saturated heterocycles. The highest BCUT2D eigenvalue weighted by Crippen LogP contribution is 2.23. The minimum absolute atomic E-state index is 0.0630. The fourth-order valence-corrected chi connectivity index (χ4v) is 2.68. The molecule has 0 aliphatic carbocycles. The van der Waals surface area contributed by atoms with Crippen molar-refractivity contribution in [1.82, 2.24) is 14.9 Å². The maximum absolute atomic E-state index is 5.83. The van der Waals surface area contributed by atoms with Crippen molar-refractivity contribution in [2.24, 2.45) is 5.84 Å². The molecule has 112 valence electrons. The summed E-state index contributed by atoms with van der Waals surface area (Å²) in [5.74, 6) is 7.02. The van der Waals surface area contributed by atoms with Gasteiger partial charge in [0, 0.05) is 24.3 Å². The largest absolute Gasteiger partial charge is 0.368 e. The molecule has 2 heterocycles. The molecule has 1 fully saturated rings. The van der Waals surface area contributed by atoms with Gasteiger partial charge in [-0.05, 0) is 26.3 Å². The number of nitrogens with one attached hydrogen (secondary N) is 1. The molecule has 1 aromatic heterocycles. The molecule has 0 amide bonds. The van der Waals surface area contributed by atoms with E-state index in [0.29, 0.717) is 5.82 Å². The van der Waals surface area contributed by atoms with E-state index < -0.39 is 0 Å². The number of rotatable bonds is 5. The molecule has 0 saturated carbocycles. The second kappa shape index (κ2) is 6.97. The summed E-state index contributed by atoms with van der Waals surface area (Å²) in [5.41, 5.74) is 4.72. The Kier molecular flexibility index (Phi) is 5.28. The van der Waals surface area contributed by atoms with Crippen molar-refractivity contribution in [3.8, 4) is 0 Å². The van der Waals surface area contributed by atoms with Crippen LogP contribution < -0.4 is 11.3 Å². The molecule has 1 atom stereocenters. The average molecular weight is 279 g/mol. The normalized spacial score (nSPS) is 20.1. The minimum atomic E-state index is -0.0630. The molecule has 0 spiro atoms. The zero-order valence-electron chi connectivity index (χ0n) is 12.6. The molecular formula is C14H25N5O. The van der Waals surface area contributed by atoms with Crippen molar-refractivity contribution < 1.29 is 4.74 Å². The topological polar surface area (TPSA) is 76.3 Å². The fourth-order valence-electron chi connectivity index (χ4n) is 2.68. The van der Waals surface area contributed by atoms with Crippen molar-refractivity contribution in [2.75, 3.05) is 31.7 Å². The van der Waals surface area contributed by atoms with Crippen LogP contribution in [0, 0.1) is 6.92 Å². The van der Waals surface area contributed by atoms with Crippen LogP contribution in [0.25, 0.3) is 0 Å². The van der Waals surface area contributed by atoms with Gasteiger partial charge in [-0.3, -0.25) is 4.90 Å². The predicted molar refractivity (Wildman–Crippen MR) is 79.4 cm³/mol. The molecule has 0 radical (unpaired) electrons. The van der Waals surface area contributed by atoms with Crippen LogP contribution in [0.4, 0.5) is 5.82 Å². The lowest BCUT2D eigenvalue weighted by Crippen LogP contribution is -2.39. The third kappa shape index (κ3) is 3.26. The van der Waals surface area contributed by atoms with Gasteiger partial charge in [0.05, 0.1) is 6.61 Å². The number of nitrogens with zero attached hydrogens (tertiary/aromatic N) is 3. The van der Waals surface area contributed by atoms with Gasteiger partial charge in [-0.15, -0.1) is 0 Å². The lowest BCUT2D eigenvalue weighted by Gasteiger charge is -2.32. The highest BCUT2D eigenvalue weighted by molar-refractivity contribution is 5.45. The van der Waals surface area contributed by atoms with Gasteiger partial charge in [0.2, 0.25) is 0 Å². The Morgan fingerprint density at radius 2 is 2.20 bits per heavy atom. The number of hydrazine groups is 1. The van der Waals surface area contributed by atoms with Crippen LogP contribution in [0.2, 0.25) is 0 Å². The van der Waals surface area contributed by atoms with Crippen LogP contribution in [-0.4, -0.2) is 41.1 Å². The van der Waals surface area contributed by atoms with E-state index >= 15 is 0 Å². The van der Waals surface area contributed by atoms with Gasteiger partial charge < -0.3 is 10.2 Å². The number of ether oxygens (including phenoxy) is 1. The van der Waals surface area contributed by atoms with Crippen molar-refractivity contribution in [3.63, 3.8) is 0 Å². The Bertz CT molecular complexity index is 449. The maximum Gasteiger partial charge on any atom is 0.161 e. The summed E-state index contributed by atoms with van der Waals surface area (Å²) in [5, 5.41) is 0. The number of nitrogens with two attached hydrogens (primary N) is 1. The summed E-state index contributed by atoms with van der Waals surface area (Å²) in [6.07, 6.45) is 1.95. The molecule has 3 N–H and O–H groups in total. The van der Waals surface area contributed by atoms with Crippen LogP contribution in [0.15, 0.2) is 0 Å². The molecule has 1 aromatic rings. The van der Waals surface area contributed by atoms with E-state index in [0.717, 1.165) is 56.2 Å². The second-order valence-corrected chi connectivity index (χ2v) is 5.15. The minimum Gasteiger partial charge on any atom is -0.368 e. The Morgan fingerprint density at radius 3 is 2.85 bits per heavy atom. The van der Waals surface area contributed by atoms with E-state index in [-0.39, 0.29) is 6.10 Å². The number of hydrogen-bond acceptors (Lipinski definition) is 6. The molecular weight excluding hydrogens is 254 g/mol. The van der Waals surface area contributed by atoms with Crippen molar-refractivity contribution in [1.29, 1.82) is 0 Å². The van der Waals surface area contributed by atoms with Gasteiger partial charge in [-0.2, -0.15) is 0 Å². The quantitative estimate of drug-likeness (QED) is 0.627. The summed E-state index contributed by atoms with van der Waals surface area (Å²) in [6.45, 7) is 9.92. The highest BCUT2D eigenvalue weighted by atomic mass is 16.5. The molecule has 1 unspecified atom stereocenters. The molecule has 6 nitrogen and oxygen atoms in total. The Hall–Kier alpha value is -1.24. The number of nitrogen functional groups attached to an aromatic ring is 1. The molecule has 1 aliphatic heterocycles. The van der Waals surface area contributed by atoms with E-state index in [9.17, 15) is 0 Å². The SMILES string of the molecule is CCCN1CCOC(c2nc(C)c(CC)c(NN)n2)C1. The lowest BCUT2D eigenvalue weighted by molar-refractivity contribution is -0.0342. The maximum atomic E-state index is 5.83. The van der Waals surface area contributed by atoms with Gasteiger partial charge in [-0.1, -0.05) is 13.8 Å². The molecule has 1 aliphatic rings. The lowest BCUT2D eigenvalue weighted by atomic mass is 10.1. The number of aromatic nitrogens is 2. The van der Waals surface area contributed by atoms with Gasteiger partial charge >= 0.3 is 0 Å². The fraction of sp³-hybridized carbons (Fsp3) is 0.714. The van der Waals surface area contributed by atoms with E-state index in [1.165, 1.54) is 0 Å². The molecule has 0 bridgehead atoms. The van der Waals surface area contributed by atoms with E-state index in [1.807, 2.05) is 6.92 Å². The monoisotopic (exact) mass is 279 g/mol. The number of aryl methyl sites for hydroxylation is 1. The van der Waals surface area contributed by atoms with Crippen molar-refractivity contribution in [2.45, 2.75) is 39.7 Å². The third-order valence-corrected chi connectivity index (χ3v) is 3.70. The van der Waals surface area contributed by atoms with Crippen LogP contribution in [0.1, 0.15) is 43.5 Å². The Morgan fingerprint density at radius 1 is 1.40 bits per heavy atom. The zero-order chi connectivity index (χ0) is 14.5. The summed E-state index contributed by atoms with van der Waals surface area (Å²) in [7, 11) is 0. The standard InChI is InChI=1S/C14H25N5O/c1-4-6-19-7-8-20-12(9-19)14-16-10(3)11(5-2)13(17-14)18-15/h12H,4-9,15H2,1-3H3,(H,16,17,18). The summed E-state index contributed by atoms with van der Waals surface area (Å²) >= 11 is 0. The van der Waals surface area contributed by atoms with Crippen LogP contribution in [0.5, 0.6) is 0 Å². The third-order valence-electron chi connectivity index (χ3n) is 3.70. The molecule has 20 heavy (non-hydrogen) atoms. The molecule has 6 heteroatoms. The van der Waals surface area contributed by atoms with Crippen LogP contribution in [-0.2, 0) is 11.2 Å². The van der Waals surface area contributed by atoms with Gasteiger partial charge in [0.15, 0.2) is 5.82 Å². The van der Waals surface area contributed by atoms with Gasteiger partial charge in [-0.25, -0.2) is 15.8 Å². The Labute approximate surface area is 120 Å². The first-order valence-electron chi connectivity index (χ1n) is 7.37. The van der Waals surface area contributed by atoms with E-state index in [2.05, 4.69) is 34.1 Å². The smallest absolute Gasteiger partial charge is 0.161 e. The summed E-state index contributed by atoms with van der Waals surface area (Å²) in [4.78, 5) is 11.6. The van der Waals surface area contributed by atoms with Crippen LogP contribution in [0.3, 0.4) is 0 Å². The van der Waals surface area contributed by atoms with Crippen LogP contribution >= 0.6 is 0 Å². The first-order chi connectivity index (χ1) is 9.69. The van der Waals surface area contributed by atoms with Crippen molar-refractivity contribution in [3.05, 3.63) is 17.1 Å². The number of morpholine rings is 1. The Balaban J connectivity index is 2.21. The molecule has 0 aromatic carbocycles. The van der Waals surface area contributed by atoms with E-state index in [1.54, 1.807) is 0 Å². The summed E-state index contributed by atoms with van der Waals surface area (Å²) < 4.78 is 5.83. The molecule has 2 rings (SSSR count). The van der Waals surface area contributed by atoms with Gasteiger partial charge in [0.1, 0.15) is 11.9 Å². The number of anilines is 1. The average Bonchev–Trinajstić information content (AvgIpc) is 2.47. The van der Waals surface area contributed by atoms with Gasteiger partial charge in [0.25, 0.3) is 0 Å².